The lowest BCUT2D eigenvalue weighted by atomic mass is 9.89. The number of aromatic carboxylic acids is 1. The van der Waals surface area contributed by atoms with E-state index in [9.17, 15) is 39.3 Å². The van der Waals surface area contributed by atoms with E-state index in [1.807, 2.05) is 6.07 Å². The number of nitrogens with two attached hydrogens (primary N) is 1. The van der Waals surface area contributed by atoms with Gasteiger partial charge in [0.1, 0.15) is 34.0 Å². The number of hydrogen-bond acceptors (Lipinski definition) is 15. The predicted molar refractivity (Wildman–Crippen MR) is 238 cm³/mol. The quantitative estimate of drug-likeness (QED) is 0.0233. The van der Waals surface area contributed by atoms with Crippen LogP contribution in [0.5, 0.6) is 11.5 Å². The molecule has 0 spiro atoms. The molecule has 2 heterocycles. The summed E-state index contributed by atoms with van der Waals surface area (Å²) in [6.07, 6.45) is 1.54. The number of carbonyl (C=O) groups excluding carboxylic acids is 2. The van der Waals surface area contributed by atoms with Gasteiger partial charge in [-0.15, -0.1) is 0 Å². The van der Waals surface area contributed by atoms with Crippen LogP contribution >= 0.6 is 11.8 Å². The minimum atomic E-state index is -1.23. The minimum Gasteiger partial charge on any atom is -0.508 e. The van der Waals surface area contributed by atoms with Crippen LogP contribution in [-0.4, -0.2) is 78.4 Å². The maximum Gasteiger partial charge on any atom is 0.348 e. The molecule has 0 bridgehead atoms. The highest BCUT2D eigenvalue weighted by Gasteiger charge is 2.24. The summed E-state index contributed by atoms with van der Waals surface area (Å²) < 4.78 is 28.2. The topological polar surface area (TPSA) is 250 Å². The number of rotatable bonds is 19. The van der Waals surface area contributed by atoms with Gasteiger partial charge in [-0.3, -0.25) is 14.4 Å². The Morgan fingerprint density at radius 1 is 0.719 bits per heavy atom. The number of carboxylic acids is 1. The fourth-order valence-electron chi connectivity index (χ4n) is 6.71. The van der Waals surface area contributed by atoms with Crippen LogP contribution < -0.4 is 27.4 Å². The number of ether oxygens (including phenoxy) is 3. The molecular weight excluding hydrogens is 847 g/mol. The van der Waals surface area contributed by atoms with Crippen molar-refractivity contribution in [1.29, 1.82) is 0 Å². The van der Waals surface area contributed by atoms with Crippen LogP contribution in [0.15, 0.2) is 138 Å². The summed E-state index contributed by atoms with van der Waals surface area (Å²) in [5, 5.41) is 36.6. The average Bonchev–Trinajstić information content (AvgIpc) is 3.27. The highest BCUT2D eigenvalue weighted by Crippen LogP contribution is 2.42. The number of carbonyl (C=O) groups is 3. The molecule has 1 aromatic heterocycles. The van der Waals surface area contributed by atoms with Gasteiger partial charge in [0.25, 0.3) is 5.91 Å². The molecule has 17 heteroatoms. The molecule has 7 N–H and O–H groups in total. The first-order chi connectivity index (χ1) is 30.9. The smallest absolute Gasteiger partial charge is 0.348 e. The van der Waals surface area contributed by atoms with Gasteiger partial charge in [-0.05, 0) is 89.6 Å². The van der Waals surface area contributed by atoms with Gasteiger partial charge in [-0.25, -0.2) is 9.59 Å². The van der Waals surface area contributed by atoms with Crippen molar-refractivity contribution >= 4 is 50.7 Å². The Morgan fingerprint density at radius 3 is 2.23 bits per heavy atom. The highest BCUT2D eigenvalue weighted by atomic mass is 32.2. The number of thioether (sulfide) groups is 1. The van der Waals surface area contributed by atoms with Gasteiger partial charge < -0.3 is 54.7 Å². The Morgan fingerprint density at radius 2 is 1.45 bits per heavy atom. The zero-order valence-electron chi connectivity index (χ0n) is 34.0. The number of fused-ring (bicyclic) bond motifs is 3. The zero-order chi connectivity index (χ0) is 45.2. The third-order valence-electron chi connectivity index (χ3n) is 9.69. The van der Waals surface area contributed by atoms with Gasteiger partial charge in [-0.1, -0.05) is 18.2 Å². The van der Waals surface area contributed by atoms with E-state index in [4.69, 9.17) is 28.8 Å². The summed E-state index contributed by atoms with van der Waals surface area (Å²) in [5.74, 6) is -1.77. The summed E-state index contributed by atoms with van der Waals surface area (Å²) in [7, 11) is 0. The van der Waals surface area contributed by atoms with Gasteiger partial charge in [0, 0.05) is 69.0 Å². The van der Waals surface area contributed by atoms with Crippen molar-refractivity contribution < 1.29 is 52.7 Å². The van der Waals surface area contributed by atoms with Crippen molar-refractivity contribution in [2.24, 2.45) is 5.73 Å². The van der Waals surface area contributed by atoms with Gasteiger partial charge in [0.15, 0.2) is 5.43 Å². The van der Waals surface area contributed by atoms with E-state index in [1.54, 1.807) is 30.3 Å². The Bertz CT molecular complexity index is 2970. The number of phenolic OH excluding ortho intramolecular Hbond substituents is 2. The molecule has 0 unspecified atom stereocenters. The minimum absolute atomic E-state index is 0.0209. The van der Waals surface area contributed by atoms with E-state index in [0.717, 1.165) is 11.8 Å². The molecule has 16 nitrogen and oxygen atoms in total. The molecule has 0 saturated carbocycles. The Balaban J connectivity index is 0.833. The van der Waals surface area contributed by atoms with E-state index < -0.39 is 22.6 Å². The number of phenols is 2. The normalized spacial score (nSPS) is 11.6. The second-order valence-electron chi connectivity index (χ2n) is 14.2. The number of amides is 1. The van der Waals surface area contributed by atoms with E-state index in [2.05, 4.69) is 10.6 Å². The molecule has 328 valence electrons. The van der Waals surface area contributed by atoms with Crippen LogP contribution in [0.4, 0.5) is 0 Å². The molecule has 1 aliphatic carbocycles. The molecule has 5 aromatic rings. The summed E-state index contributed by atoms with van der Waals surface area (Å²) in [6, 6.07) is 25.9. The van der Waals surface area contributed by atoms with Crippen LogP contribution in [-0.2, 0) is 20.8 Å². The molecular formula is C47H41N3O13S. The third kappa shape index (κ3) is 10.9. The summed E-state index contributed by atoms with van der Waals surface area (Å²) >= 11 is 0.916. The van der Waals surface area contributed by atoms with Crippen molar-refractivity contribution in [2.75, 3.05) is 46.1 Å². The number of carboxylic acid groups (broad SMARTS) is 1. The fourth-order valence-corrected chi connectivity index (χ4v) is 7.47. The molecule has 7 rings (SSSR count). The van der Waals surface area contributed by atoms with Crippen molar-refractivity contribution in [2.45, 2.75) is 11.5 Å². The monoisotopic (exact) mass is 887 g/mol. The SMILES string of the molecule is N/C(=C\NCCOCCOCCOCc1cc(O)cc2oc(=O)c(C(=O)Sc3ccccc3)cc12)CNC(=O)c1ccc(C(=O)O)c(-c2c3ccc(=O)cc-3oc3cc(O)ccc23)c1. The molecule has 0 radical (unpaired) electrons. The first-order valence-corrected chi connectivity index (χ1v) is 20.6. The Kier molecular flexibility index (Phi) is 14.4. The van der Waals surface area contributed by atoms with Crippen LogP contribution in [0.2, 0.25) is 0 Å². The highest BCUT2D eigenvalue weighted by molar-refractivity contribution is 8.14. The third-order valence-corrected chi connectivity index (χ3v) is 10.6. The molecule has 64 heavy (non-hydrogen) atoms. The number of nitrogens with one attached hydrogen (secondary N) is 2. The largest absolute Gasteiger partial charge is 0.508 e. The summed E-state index contributed by atoms with van der Waals surface area (Å²) in [4.78, 5) is 64.0. The summed E-state index contributed by atoms with van der Waals surface area (Å²) in [5.41, 5.74) is 7.19. The van der Waals surface area contributed by atoms with Crippen molar-refractivity contribution in [1.82, 2.24) is 10.6 Å². The van der Waals surface area contributed by atoms with E-state index in [0.29, 0.717) is 64.4 Å². The molecule has 4 aromatic carbocycles. The molecule has 1 aliphatic heterocycles. The number of benzene rings is 5. The second-order valence-corrected chi connectivity index (χ2v) is 15.2. The summed E-state index contributed by atoms with van der Waals surface area (Å²) in [6.45, 7) is 1.85. The standard InChI is InChI=1S/C47H41N3O13S/c48-29(25-50-44(54)27-6-9-34(45(55)56)38(19-27)43-35-10-7-30(51)20-40(35)62-41-21-31(52)8-11-36(41)43)24-49-12-13-59-14-15-60-16-17-61-26-28-18-32(53)22-42-37(28)23-39(46(57)63-42)47(58)64-33-4-2-1-3-5-33/h1-11,18-24,49,51,53H,12-17,25-26,48H2,(H,50,54)(H,55,56)/b29-24-. The zero-order valence-corrected chi connectivity index (χ0v) is 34.8. The van der Waals surface area contributed by atoms with Gasteiger partial charge in [-0.2, -0.15) is 0 Å². The van der Waals surface area contributed by atoms with Gasteiger partial charge >= 0.3 is 11.6 Å². The second kappa shape index (κ2) is 20.6. The van der Waals surface area contributed by atoms with Crippen LogP contribution in [0, 0.1) is 0 Å². The lowest BCUT2D eigenvalue weighted by molar-refractivity contribution is 0.0116. The van der Waals surface area contributed by atoms with E-state index >= 15 is 0 Å². The maximum atomic E-state index is 13.3. The van der Waals surface area contributed by atoms with Crippen molar-refractivity contribution in [3.05, 3.63) is 158 Å². The van der Waals surface area contributed by atoms with E-state index in [-0.39, 0.29) is 82.5 Å². The Labute approximate surface area is 368 Å². The first-order valence-electron chi connectivity index (χ1n) is 19.8. The van der Waals surface area contributed by atoms with Crippen molar-refractivity contribution in [3.8, 4) is 33.9 Å². The lowest BCUT2D eigenvalue weighted by Crippen LogP contribution is -2.29. The first kappa shape index (κ1) is 44.6. The molecule has 1 amide bonds. The molecule has 0 atom stereocenters. The van der Waals surface area contributed by atoms with Gasteiger partial charge in [0.05, 0.1) is 51.7 Å². The maximum absolute atomic E-state index is 13.3. The van der Waals surface area contributed by atoms with Crippen LogP contribution in [0.3, 0.4) is 0 Å². The number of hydrogen-bond donors (Lipinski definition) is 6. The van der Waals surface area contributed by atoms with Crippen LogP contribution in [0.1, 0.15) is 36.6 Å². The predicted octanol–water partition coefficient (Wildman–Crippen LogP) is 6.08. The van der Waals surface area contributed by atoms with Gasteiger partial charge in [0.2, 0.25) is 5.12 Å². The molecule has 0 saturated heterocycles. The van der Waals surface area contributed by atoms with E-state index in [1.165, 1.54) is 72.9 Å². The van der Waals surface area contributed by atoms with Crippen molar-refractivity contribution in [3.63, 3.8) is 0 Å². The number of aromatic hydroxyl groups is 2. The Hall–Kier alpha value is -7.44. The fraction of sp³-hybridized carbons (Fsp3) is 0.170. The molecule has 2 aliphatic rings. The lowest BCUT2D eigenvalue weighted by Gasteiger charge is -2.17. The molecule has 0 fully saturated rings. The average molecular weight is 888 g/mol. The van der Waals surface area contributed by atoms with Crippen LogP contribution in [0.25, 0.3) is 44.4 Å².